The van der Waals surface area contributed by atoms with Gasteiger partial charge in [-0.3, -0.25) is 14.5 Å². The van der Waals surface area contributed by atoms with E-state index in [1.165, 1.54) is 17.0 Å². The molecule has 2 aliphatic rings. The standard InChI is InChI=1S/C24H21ClF3NO3/c1-23(2)11-19-22(20(31)12-23)16(13-3-6-15(30)7-4-13)10-21(32)29(19)18-9-14(24(26,27)28)5-8-17(18)25/h3-9,16,30H,10-12H2,1-2H3. The van der Waals surface area contributed by atoms with E-state index in [0.717, 1.165) is 18.2 Å². The number of phenolic OH excluding ortho intramolecular Hbond substituents is 1. The predicted octanol–water partition coefficient (Wildman–Crippen LogP) is 6.23. The summed E-state index contributed by atoms with van der Waals surface area (Å²) in [5.74, 6) is -1.07. The molecular weight excluding hydrogens is 443 g/mol. The molecule has 0 bridgehead atoms. The first-order valence-corrected chi connectivity index (χ1v) is 10.5. The lowest BCUT2D eigenvalue weighted by molar-refractivity contribution is -0.137. The second-order valence-electron chi connectivity index (χ2n) is 9.04. The maximum absolute atomic E-state index is 13.4. The highest BCUT2D eigenvalue weighted by atomic mass is 35.5. The summed E-state index contributed by atoms with van der Waals surface area (Å²) >= 11 is 6.26. The smallest absolute Gasteiger partial charge is 0.416 e. The summed E-state index contributed by atoms with van der Waals surface area (Å²) in [5.41, 5.74) is 0.0262. The number of carbonyl (C=O) groups excluding carboxylic acids is 2. The van der Waals surface area contributed by atoms with Crippen molar-refractivity contribution < 1.29 is 27.9 Å². The maximum atomic E-state index is 13.4. The zero-order valence-corrected chi connectivity index (χ0v) is 18.2. The lowest BCUT2D eigenvalue weighted by Crippen LogP contribution is -2.44. The Morgan fingerprint density at radius 1 is 1.06 bits per heavy atom. The Hall–Kier alpha value is -2.80. The van der Waals surface area contributed by atoms with Crippen molar-refractivity contribution in [3.8, 4) is 5.75 Å². The highest BCUT2D eigenvalue weighted by molar-refractivity contribution is 6.34. The van der Waals surface area contributed by atoms with Gasteiger partial charge in [-0.15, -0.1) is 0 Å². The van der Waals surface area contributed by atoms with Crippen molar-refractivity contribution >= 4 is 29.0 Å². The van der Waals surface area contributed by atoms with Gasteiger partial charge in [0.15, 0.2) is 5.78 Å². The molecule has 1 aliphatic heterocycles. The van der Waals surface area contributed by atoms with E-state index >= 15 is 0 Å². The van der Waals surface area contributed by atoms with E-state index in [1.54, 1.807) is 12.1 Å². The number of hydrogen-bond acceptors (Lipinski definition) is 3. The number of rotatable bonds is 2. The molecule has 0 saturated carbocycles. The first-order chi connectivity index (χ1) is 14.9. The number of nitrogens with zero attached hydrogens (tertiary/aromatic N) is 1. The molecule has 1 N–H and O–H groups in total. The van der Waals surface area contributed by atoms with Crippen LogP contribution in [0, 0.1) is 5.41 Å². The number of amides is 1. The Morgan fingerprint density at radius 3 is 2.34 bits per heavy atom. The number of Topliss-reactive ketones (excluding diaryl/α,β-unsaturated/α-hetero) is 1. The van der Waals surface area contributed by atoms with E-state index in [0.29, 0.717) is 23.3 Å². The lowest BCUT2D eigenvalue weighted by Gasteiger charge is -2.43. The van der Waals surface area contributed by atoms with E-state index < -0.39 is 29.0 Å². The second kappa shape index (κ2) is 7.66. The van der Waals surface area contributed by atoms with Gasteiger partial charge in [0.25, 0.3) is 0 Å². The maximum Gasteiger partial charge on any atom is 0.416 e. The molecule has 1 unspecified atom stereocenters. The quantitative estimate of drug-likeness (QED) is 0.574. The topological polar surface area (TPSA) is 57.6 Å². The van der Waals surface area contributed by atoms with Gasteiger partial charge in [0.2, 0.25) is 5.91 Å². The molecule has 1 heterocycles. The van der Waals surface area contributed by atoms with Crippen LogP contribution in [0.25, 0.3) is 0 Å². The SMILES string of the molecule is CC1(C)CC(=O)C2=C(C1)N(c1cc(C(F)(F)F)ccc1Cl)C(=O)CC2c1ccc(O)cc1. The van der Waals surface area contributed by atoms with Gasteiger partial charge >= 0.3 is 6.18 Å². The molecular formula is C24H21ClF3NO3. The molecule has 0 aromatic heterocycles. The Labute approximate surface area is 188 Å². The summed E-state index contributed by atoms with van der Waals surface area (Å²) < 4.78 is 40.1. The van der Waals surface area contributed by atoms with Gasteiger partial charge in [0, 0.05) is 30.0 Å². The molecule has 0 saturated heterocycles. The molecule has 168 valence electrons. The largest absolute Gasteiger partial charge is 0.508 e. The van der Waals surface area contributed by atoms with Crippen LogP contribution in [-0.2, 0) is 15.8 Å². The van der Waals surface area contributed by atoms with Gasteiger partial charge in [0.05, 0.1) is 16.3 Å². The fourth-order valence-electron chi connectivity index (χ4n) is 4.55. The molecule has 0 spiro atoms. The molecule has 1 atom stereocenters. The Kier molecular flexibility index (Phi) is 5.36. The van der Waals surface area contributed by atoms with Crippen LogP contribution in [0.2, 0.25) is 5.02 Å². The molecule has 1 aliphatic carbocycles. The van der Waals surface area contributed by atoms with Crippen molar-refractivity contribution in [3.63, 3.8) is 0 Å². The van der Waals surface area contributed by atoms with Gasteiger partial charge < -0.3 is 5.11 Å². The van der Waals surface area contributed by atoms with Gasteiger partial charge in [-0.2, -0.15) is 13.2 Å². The minimum atomic E-state index is -4.61. The first kappa shape index (κ1) is 22.4. The minimum Gasteiger partial charge on any atom is -0.508 e. The molecule has 4 rings (SSSR count). The number of phenols is 1. The van der Waals surface area contributed by atoms with Crippen LogP contribution in [0.15, 0.2) is 53.7 Å². The fourth-order valence-corrected chi connectivity index (χ4v) is 4.75. The lowest BCUT2D eigenvalue weighted by atomic mass is 9.69. The average Bonchev–Trinajstić information content (AvgIpc) is 2.67. The summed E-state index contributed by atoms with van der Waals surface area (Å²) in [6.07, 6.45) is -4.10. The van der Waals surface area contributed by atoms with Crippen LogP contribution >= 0.6 is 11.6 Å². The third kappa shape index (κ3) is 4.01. The number of ketones is 1. The number of halogens is 4. The van der Waals surface area contributed by atoms with Crippen molar-refractivity contribution in [1.29, 1.82) is 0 Å². The summed E-state index contributed by atoms with van der Waals surface area (Å²) in [4.78, 5) is 27.8. The van der Waals surface area contributed by atoms with Gasteiger partial charge in [-0.1, -0.05) is 37.6 Å². The average molecular weight is 464 g/mol. The minimum absolute atomic E-state index is 0.00267. The number of alkyl halides is 3. The number of benzene rings is 2. The normalized spacial score (nSPS) is 21.1. The van der Waals surface area contributed by atoms with Crippen LogP contribution in [0.4, 0.5) is 18.9 Å². The van der Waals surface area contributed by atoms with Crippen LogP contribution in [0.1, 0.15) is 50.2 Å². The predicted molar refractivity (Wildman–Crippen MR) is 114 cm³/mol. The van der Waals surface area contributed by atoms with Gasteiger partial charge in [-0.25, -0.2) is 0 Å². The van der Waals surface area contributed by atoms with E-state index in [-0.39, 0.29) is 35.1 Å². The third-order valence-corrected chi connectivity index (χ3v) is 6.27. The van der Waals surface area contributed by atoms with Crippen molar-refractivity contribution in [2.75, 3.05) is 4.90 Å². The first-order valence-electron chi connectivity index (χ1n) is 10.1. The van der Waals surface area contributed by atoms with E-state index in [2.05, 4.69) is 0 Å². The summed E-state index contributed by atoms with van der Waals surface area (Å²) in [7, 11) is 0. The molecule has 1 amide bonds. The molecule has 0 radical (unpaired) electrons. The highest BCUT2D eigenvalue weighted by Crippen LogP contribution is 2.49. The zero-order valence-electron chi connectivity index (χ0n) is 17.5. The van der Waals surface area contributed by atoms with Crippen molar-refractivity contribution in [1.82, 2.24) is 0 Å². The van der Waals surface area contributed by atoms with E-state index in [1.807, 2.05) is 13.8 Å². The van der Waals surface area contributed by atoms with Crippen molar-refractivity contribution in [2.24, 2.45) is 5.41 Å². The summed E-state index contributed by atoms with van der Waals surface area (Å²) in [5, 5.41) is 9.61. The molecule has 32 heavy (non-hydrogen) atoms. The summed E-state index contributed by atoms with van der Waals surface area (Å²) in [6.45, 7) is 3.77. The fraction of sp³-hybridized carbons (Fsp3) is 0.333. The van der Waals surface area contributed by atoms with Crippen molar-refractivity contribution in [2.45, 2.75) is 45.2 Å². The summed E-state index contributed by atoms with van der Waals surface area (Å²) in [6, 6.07) is 9.11. The van der Waals surface area contributed by atoms with Crippen LogP contribution < -0.4 is 4.90 Å². The molecule has 8 heteroatoms. The number of allylic oxidation sites excluding steroid dienone is 2. The second-order valence-corrected chi connectivity index (χ2v) is 9.45. The van der Waals surface area contributed by atoms with Crippen molar-refractivity contribution in [3.05, 3.63) is 69.9 Å². The van der Waals surface area contributed by atoms with Crippen LogP contribution in [0.3, 0.4) is 0 Å². The molecule has 2 aromatic carbocycles. The van der Waals surface area contributed by atoms with E-state index in [9.17, 15) is 27.9 Å². The Morgan fingerprint density at radius 2 is 1.72 bits per heavy atom. The number of aromatic hydroxyl groups is 1. The van der Waals surface area contributed by atoms with E-state index in [4.69, 9.17) is 11.6 Å². The third-order valence-electron chi connectivity index (χ3n) is 5.95. The van der Waals surface area contributed by atoms with Gasteiger partial charge in [0.1, 0.15) is 5.75 Å². The zero-order chi connectivity index (χ0) is 23.4. The number of carbonyl (C=O) groups is 2. The van der Waals surface area contributed by atoms with Gasteiger partial charge in [-0.05, 0) is 47.7 Å². The highest BCUT2D eigenvalue weighted by Gasteiger charge is 2.45. The Bertz CT molecular complexity index is 1140. The Balaban J connectivity index is 1.92. The molecule has 2 aromatic rings. The van der Waals surface area contributed by atoms with Crippen LogP contribution in [0.5, 0.6) is 5.75 Å². The monoisotopic (exact) mass is 463 g/mol. The molecule has 0 fully saturated rings. The number of anilines is 1. The van der Waals surface area contributed by atoms with Crippen LogP contribution in [-0.4, -0.2) is 16.8 Å². The number of hydrogen-bond donors (Lipinski definition) is 1. The molecule has 4 nitrogen and oxygen atoms in total.